The van der Waals surface area contributed by atoms with Gasteiger partial charge in [-0.2, -0.15) is 0 Å². The van der Waals surface area contributed by atoms with Gasteiger partial charge in [-0.3, -0.25) is 4.79 Å². The SMILES string of the molecule is CC(C)C1CCCCC1NC(=O)c1cn2c(n1)NCCC2. The quantitative estimate of drug-likeness (QED) is 0.899. The van der Waals surface area contributed by atoms with Gasteiger partial charge in [0.15, 0.2) is 0 Å². The number of aryl methyl sites for hydroxylation is 1. The van der Waals surface area contributed by atoms with Crippen molar-refractivity contribution in [2.75, 3.05) is 11.9 Å². The van der Waals surface area contributed by atoms with Crippen LogP contribution in [0.2, 0.25) is 0 Å². The van der Waals surface area contributed by atoms with E-state index < -0.39 is 0 Å². The Labute approximate surface area is 126 Å². The Bertz CT molecular complexity index is 485. The number of carbonyl (C=O) groups is 1. The summed E-state index contributed by atoms with van der Waals surface area (Å²) in [5.41, 5.74) is 0.549. The average Bonchev–Trinajstić information content (AvgIpc) is 2.91. The van der Waals surface area contributed by atoms with Crippen molar-refractivity contribution in [1.29, 1.82) is 0 Å². The number of amides is 1. The third kappa shape index (κ3) is 3.06. The molecule has 1 aliphatic heterocycles. The Balaban J connectivity index is 1.68. The molecule has 0 saturated heterocycles. The van der Waals surface area contributed by atoms with Crippen molar-refractivity contribution in [3.63, 3.8) is 0 Å². The first-order chi connectivity index (χ1) is 10.1. The first-order valence-corrected chi connectivity index (χ1v) is 8.27. The number of aromatic nitrogens is 2. The Morgan fingerprint density at radius 2 is 2.19 bits per heavy atom. The number of anilines is 1. The van der Waals surface area contributed by atoms with Crippen molar-refractivity contribution in [3.05, 3.63) is 11.9 Å². The minimum atomic E-state index is -0.0174. The molecule has 2 atom stereocenters. The monoisotopic (exact) mass is 290 g/mol. The van der Waals surface area contributed by atoms with Crippen LogP contribution in [-0.4, -0.2) is 28.0 Å². The number of hydrogen-bond donors (Lipinski definition) is 2. The molecule has 0 bridgehead atoms. The maximum absolute atomic E-state index is 12.5. The van der Waals surface area contributed by atoms with Gasteiger partial charge in [-0.1, -0.05) is 26.7 Å². The van der Waals surface area contributed by atoms with Crippen LogP contribution in [0.25, 0.3) is 0 Å². The molecule has 2 unspecified atom stereocenters. The second-order valence-electron chi connectivity index (χ2n) is 6.70. The average molecular weight is 290 g/mol. The van der Waals surface area contributed by atoms with Crippen LogP contribution in [0.15, 0.2) is 6.20 Å². The highest BCUT2D eigenvalue weighted by molar-refractivity contribution is 5.92. The van der Waals surface area contributed by atoms with Crippen molar-refractivity contribution in [3.8, 4) is 0 Å². The van der Waals surface area contributed by atoms with E-state index in [9.17, 15) is 4.79 Å². The number of nitrogens with zero attached hydrogens (tertiary/aromatic N) is 2. The van der Waals surface area contributed by atoms with E-state index in [2.05, 4.69) is 29.5 Å². The molecular formula is C16H26N4O. The van der Waals surface area contributed by atoms with Crippen molar-refractivity contribution in [1.82, 2.24) is 14.9 Å². The predicted molar refractivity (Wildman–Crippen MR) is 83.4 cm³/mol. The van der Waals surface area contributed by atoms with Crippen LogP contribution < -0.4 is 10.6 Å². The van der Waals surface area contributed by atoms with Crippen LogP contribution in [0.5, 0.6) is 0 Å². The lowest BCUT2D eigenvalue weighted by Crippen LogP contribution is -2.44. The second kappa shape index (κ2) is 6.08. The summed E-state index contributed by atoms with van der Waals surface area (Å²) >= 11 is 0. The molecule has 0 aromatic carbocycles. The maximum atomic E-state index is 12.5. The van der Waals surface area contributed by atoms with Crippen molar-refractivity contribution in [2.45, 2.75) is 58.5 Å². The molecule has 1 aromatic heterocycles. The van der Waals surface area contributed by atoms with Crippen LogP contribution in [0.4, 0.5) is 5.95 Å². The molecule has 3 rings (SSSR count). The van der Waals surface area contributed by atoms with Crippen LogP contribution in [-0.2, 0) is 6.54 Å². The van der Waals surface area contributed by atoms with Gasteiger partial charge in [-0.05, 0) is 31.1 Å². The predicted octanol–water partition coefficient (Wildman–Crippen LogP) is 2.64. The molecular weight excluding hydrogens is 264 g/mol. The summed E-state index contributed by atoms with van der Waals surface area (Å²) in [6.45, 7) is 6.40. The largest absolute Gasteiger partial charge is 0.356 e. The summed E-state index contributed by atoms with van der Waals surface area (Å²) in [5, 5.41) is 6.47. The molecule has 1 aromatic rings. The van der Waals surface area contributed by atoms with E-state index in [4.69, 9.17) is 0 Å². The molecule has 21 heavy (non-hydrogen) atoms. The fourth-order valence-corrected chi connectivity index (χ4v) is 3.67. The Morgan fingerprint density at radius 3 is 2.95 bits per heavy atom. The molecule has 2 aliphatic rings. The van der Waals surface area contributed by atoms with Crippen molar-refractivity contribution < 1.29 is 4.79 Å². The van der Waals surface area contributed by atoms with E-state index >= 15 is 0 Å². The fourth-order valence-electron chi connectivity index (χ4n) is 3.67. The molecule has 5 nitrogen and oxygen atoms in total. The lowest BCUT2D eigenvalue weighted by Gasteiger charge is -2.34. The standard InChI is InChI=1S/C16H26N4O/c1-11(2)12-6-3-4-7-13(12)18-15(21)14-10-20-9-5-8-17-16(20)19-14/h10-13H,3-9H2,1-2H3,(H,17,19)(H,18,21). The Kier molecular flexibility index (Phi) is 4.17. The number of fused-ring (bicyclic) bond motifs is 1. The topological polar surface area (TPSA) is 59.0 Å². The zero-order valence-corrected chi connectivity index (χ0v) is 13.1. The van der Waals surface area contributed by atoms with Crippen LogP contribution >= 0.6 is 0 Å². The highest BCUT2D eigenvalue weighted by atomic mass is 16.2. The fraction of sp³-hybridized carbons (Fsp3) is 0.750. The summed E-state index contributed by atoms with van der Waals surface area (Å²) in [4.78, 5) is 16.9. The number of nitrogens with one attached hydrogen (secondary N) is 2. The van der Waals surface area contributed by atoms with E-state index in [0.717, 1.165) is 31.9 Å². The molecule has 2 heterocycles. The number of carbonyl (C=O) groups excluding carboxylic acids is 1. The van der Waals surface area contributed by atoms with E-state index in [1.54, 1.807) is 0 Å². The van der Waals surface area contributed by atoms with Crippen molar-refractivity contribution >= 4 is 11.9 Å². The van der Waals surface area contributed by atoms with Gasteiger partial charge in [0.1, 0.15) is 5.69 Å². The highest BCUT2D eigenvalue weighted by Gasteiger charge is 2.29. The molecule has 1 amide bonds. The van der Waals surface area contributed by atoms with Gasteiger partial charge in [0, 0.05) is 25.3 Å². The molecule has 1 saturated carbocycles. The molecule has 1 aliphatic carbocycles. The summed E-state index contributed by atoms with van der Waals surface area (Å²) < 4.78 is 2.04. The van der Waals surface area contributed by atoms with E-state index in [1.807, 2.05) is 10.8 Å². The number of imidazole rings is 1. The minimum Gasteiger partial charge on any atom is -0.356 e. The highest BCUT2D eigenvalue weighted by Crippen LogP contribution is 2.30. The normalized spacial score (nSPS) is 25.3. The smallest absolute Gasteiger partial charge is 0.271 e. The van der Waals surface area contributed by atoms with Gasteiger partial charge in [0.2, 0.25) is 5.95 Å². The summed E-state index contributed by atoms with van der Waals surface area (Å²) in [5.74, 6) is 2.03. The molecule has 0 radical (unpaired) electrons. The lowest BCUT2D eigenvalue weighted by atomic mass is 9.78. The number of hydrogen-bond acceptors (Lipinski definition) is 3. The zero-order chi connectivity index (χ0) is 14.8. The van der Waals surface area contributed by atoms with E-state index in [0.29, 0.717) is 23.6 Å². The second-order valence-corrected chi connectivity index (χ2v) is 6.70. The summed E-state index contributed by atoms with van der Waals surface area (Å²) in [6.07, 6.45) is 7.80. The van der Waals surface area contributed by atoms with Crippen LogP contribution in [0.3, 0.4) is 0 Å². The van der Waals surface area contributed by atoms with Crippen LogP contribution in [0.1, 0.15) is 56.4 Å². The van der Waals surface area contributed by atoms with Gasteiger partial charge in [-0.15, -0.1) is 0 Å². The molecule has 0 spiro atoms. The third-order valence-corrected chi connectivity index (χ3v) is 4.86. The molecule has 5 heteroatoms. The maximum Gasteiger partial charge on any atom is 0.271 e. The molecule has 116 valence electrons. The molecule has 1 fully saturated rings. The first-order valence-electron chi connectivity index (χ1n) is 8.27. The summed E-state index contributed by atoms with van der Waals surface area (Å²) in [7, 11) is 0. The van der Waals surface area contributed by atoms with Gasteiger partial charge >= 0.3 is 0 Å². The van der Waals surface area contributed by atoms with Crippen molar-refractivity contribution in [2.24, 2.45) is 11.8 Å². The zero-order valence-electron chi connectivity index (χ0n) is 13.1. The third-order valence-electron chi connectivity index (χ3n) is 4.86. The van der Waals surface area contributed by atoms with Gasteiger partial charge in [0.25, 0.3) is 5.91 Å². The Hall–Kier alpha value is -1.52. The summed E-state index contributed by atoms with van der Waals surface area (Å²) in [6, 6.07) is 0.304. The number of rotatable bonds is 3. The Morgan fingerprint density at radius 1 is 1.38 bits per heavy atom. The van der Waals surface area contributed by atoms with Crippen LogP contribution in [0, 0.1) is 11.8 Å². The lowest BCUT2D eigenvalue weighted by molar-refractivity contribution is 0.0884. The van der Waals surface area contributed by atoms with E-state index in [1.165, 1.54) is 19.3 Å². The van der Waals surface area contributed by atoms with Gasteiger partial charge in [-0.25, -0.2) is 4.98 Å². The van der Waals surface area contributed by atoms with Gasteiger partial charge in [0.05, 0.1) is 0 Å². The minimum absolute atomic E-state index is 0.0174. The van der Waals surface area contributed by atoms with E-state index in [-0.39, 0.29) is 5.91 Å². The molecule has 2 N–H and O–H groups in total. The first kappa shape index (κ1) is 14.4. The van der Waals surface area contributed by atoms with Gasteiger partial charge < -0.3 is 15.2 Å².